The summed E-state index contributed by atoms with van der Waals surface area (Å²) in [5, 5.41) is 4.83. The van der Waals surface area contributed by atoms with E-state index in [4.69, 9.17) is 4.74 Å². The minimum absolute atomic E-state index is 0.0576. The number of benzene rings is 3. The highest BCUT2D eigenvalue weighted by Gasteiger charge is 2.11. The minimum atomic E-state index is -1.09. The van der Waals surface area contributed by atoms with Crippen molar-refractivity contribution in [1.29, 1.82) is 0 Å². The third kappa shape index (κ3) is 4.30. The van der Waals surface area contributed by atoms with E-state index in [-0.39, 0.29) is 17.1 Å². The van der Waals surface area contributed by atoms with Crippen LogP contribution in [0.2, 0.25) is 0 Å². The number of rotatable bonds is 4. The fourth-order valence-electron chi connectivity index (χ4n) is 2.66. The van der Waals surface area contributed by atoms with E-state index in [0.29, 0.717) is 16.8 Å². The van der Waals surface area contributed by atoms with E-state index in [9.17, 15) is 18.0 Å². The maximum Gasteiger partial charge on any atom is 0.323 e. The van der Waals surface area contributed by atoms with Crippen LogP contribution in [0.25, 0.3) is 11.0 Å². The van der Waals surface area contributed by atoms with Crippen LogP contribution in [-0.4, -0.2) is 16.0 Å². The molecule has 0 spiro atoms. The molecule has 4 aromatic rings. The number of carbonyl (C=O) groups is 1. The number of fused-ring (bicyclic) bond motifs is 1. The third-order valence-electron chi connectivity index (χ3n) is 4.04. The van der Waals surface area contributed by atoms with Crippen LogP contribution in [0.1, 0.15) is 0 Å². The Balaban J connectivity index is 1.49. The Morgan fingerprint density at radius 2 is 1.40 bits per heavy atom. The molecule has 2 N–H and O–H groups in total. The van der Waals surface area contributed by atoms with Crippen LogP contribution in [0, 0.1) is 17.5 Å². The molecule has 1 aromatic heterocycles. The highest BCUT2D eigenvalue weighted by Crippen LogP contribution is 2.29. The Bertz CT molecular complexity index is 1250. The average molecular weight is 410 g/mol. The van der Waals surface area contributed by atoms with E-state index < -0.39 is 23.5 Å². The van der Waals surface area contributed by atoms with Gasteiger partial charge in [0.1, 0.15) is 5.75 Å². The van der Waals surface area contributed by atoms with Gasteiger partial charge in [0.2, 0.25) is 0 Å². The number of hydrogen-bond donors (Lipinski definition) is 2. The largest absolute Gasteiger partial charge is 0.454 e. The Kier molecular flexibility index (Phi) is 5.17. The van der Waals surface area contributed by atoms with Crippen LogP contribution in [0.4, 0.5) is 29.3 Å². The first-order valence-electron chi connectivity index (χ1n) is 8.69. The molecule has 0 fully saturated rings. The molecule has 0 saturated heterocycles. The number of halogens is 3. The van der Waals surface area contributed by atoms with Crippen molar-refractivity contribution < 1.29 is 22.7 Å². The van der Waals surface area contributed by atoms with Gasteiger partial charge < -0.3 is 15.4 Å². The number of hydrogen-bond acceptors (Lipinski definition) is 4. The second-order valence-corrected chi connectivity index (χ2v) is 6.16. The Hall–Kier alpha value is -4.14. The molecule has 30 heavy (non-hydrogen) atoms. The summed E-state index contributed by atoms with van der Waals surface area (Å²) in [5.74, 6) is -2.54. The first-order chi connectivity index (χ1) is 14.5. The fourth-order valence-corrected chi connectivity index (χ4v) is 2.66. The highest BCUT2D eigenvalue weighted by molar-refractivity contribution is 5.99. The van der Waals surface area contributed by atoms with E-state index in [1.807, 2.05) is 0 Å². The average Bonchev–Trinajstić information content (AvgIpc) is 2.73. The van der Waals surface area contributed by atoms with Crippen molar-refractivity contribution in [3.05, 3.63) is 84.4 Å². The summed E-state index contributed by atoms with van der Waals surface area (Å²) in [7, 11) is 0. The molecule has 0 aliphatic rings. The van der Waals surface area contributed by atoms with E-state index in [1.165, 1.54) is 24.4 Å². The number of nitrogens with zero attached hydrogens (tertiary/aromatic N) is 2. The zero-order valence-electron chi connectivity index (χ0n) is 15.2. The van der Waals surface area contributed by atoms with Crippen molar-refractivity contribution in [2.75, 3.05) is 10.6 Å². The summed E-state index contributed by atoms with van der Waals surface area (Å²) in [6.07, 6.45) is 3.09. The second-order valence-electron chi connectivity index (χ2n) is 6.16. The molecule has 0 unspecified atom stereocenters. The van der Waals surface area contributed by atoms with Crippen LogP contribution in [0.15, 0.2) is 67.0 Å². The lowest BCUT2D eigenvalue weighted by Crippen LogP contribution is -2.19. The van der Waals surface area contributed by atoms with Crippen molar-refractivity contribution in [2.24, 2.45) is 0 Å². The van der Waals surface area contributed by atoms with Gasteiger partial charge in [-0.2, -0.15) is 0 Å². The molecule has 1 heterocycles. The summed E-state index contributed by atoms with van der Waals surface area (Å²) in [5.41, 5.74) is 1.53. The van der Waals surface area contributed by atoms with Gasteiger partial charge in [-0.3, -0.25) is 9.97 Å². The zero-order valence-corrected chi connectivity index (χ0v) is 15.2. The fraction of sp³-hybridized carbons (Fsp3) is 0. The van der Waals surface area contributed by atoms with Crippen molar-refractivity contribution in [3.63, 3.8) is 0 Å². The van der Waals surface area contributed by atoms with E-state index >= 15 is 0 Å². The lowest BCUT2D eigenvalue weighted by Gasteiger charge is -2.11. The number of amides is 2. The molecule has 9 heteroatoms. The molecule has 0 aliphatic heterocycles. The first-order valence-corrected chi connectivity index (χ1v) is 8.69. The second kappa shape index (κ2) is 8.08. The van der Waals surface area contributed by atoms with Gasteiger partial charge >= 0.3 is 6.03 Å². The zero-order chi connectivity index (χ0) is 21.1. The maximum absolute atomic E-state index is 14.2. The summed E-state index contributed by atoms with van der Waals surface area (Å²) >= 11 is 0. The lowest BCUT2D eigenvalue weighted by atomic mass is 10.2. The Morgan fingerprint density at radius 1 is 0.733 bits per heavy atom. The van der Waals surface area contributed by atoms with Gasteiger partial charge in [-0.25, -0.2) is 18.0 Å². The van der Waals surface area contributed by atoms with Crippen LogP contribution in [0.3, 0.4) is 0 Å². The number of carbonyl (C=O) groups excluding carboxylic acids is 1. The topological polar surface area (TPSA) is 76.1 Å². The third-order valence-corrected chi connectivity index (χ3v) is 4.04. The van der Waals surface area contributed by atoms with Crippen molar-refractivity contribution in [1.82, 2.24) is 9.97 Å². The normalized spacial score (nSPS) is 10.6. The minimum Gasteiger partial charge on any atom is -0.454 e. The molecule has 0 aliphatic carbocycles. The SMILES string of the molecule is O=C(Nc1ccc(F)c(F)c1)Nc1ccc(F)c(Oc2ccc3nccnc3c2)c1. The van der Waals surface area contributed by atoms with Crippen molar-refractivity contribution >= 4 is 28.4 Å². The molecule has 2 amide bonds. The smallest absolute Gasteiger partial charge is 0.323 e. The molecule has 0 radical (unpaired) electrons. The molecular weight excluding hydrogens is 397 g/mol. The lowest BCUT2D eigenvalue weighted by molar-refractivity contribution is 0.262. The van der Waals surface area contributed by atoms with Gasteiger partial charge in [0, 0.05) is 42.0 Å². The highest BCUT2D eigenvalue weighted by atomic mass is 19.2. The molecule has 0 saturated carbocycles. The van der Waals surface area contributed by atoms with Crippen LogP contribution in [0.5, 0.6) is 11.5 Å². The number of ether oxygens (including phenoxy) is 1. The summed E-state index contributed by atoms with van der Waals surface area (Å²) < 4.78 is 46.0. The Morgan fingerprint density at radius 3 is 2.13 bits per heavy atom. The molecule has 4 rings (SSSR count). The number of anilines is 2. The van der Waals surface area contributed by atoms with E-state index in [1.54, 1.807) is 24.4 Å². The van der Waals surface area contributed by atoms with Crippen LogP contribution >= 0.6 is 0 Å². The molecule has 0 bridgehead atoms. The van der Waals surface area contributed by atoms with Gasteiger partial charge in [-0.15, -0.1) is 0 Å². The number of urea groups is 1. The molecule has 3 aromatic carbocycles. The molecule has 0 atom stereocenters. The summed E-state index contributed by atoms with van der Waals surface area (Å²) in [6.45, 7) is 0. The monoisotopic (exact) mass is 410 g/mol. The predicted molar refractivity (Wildman–Crippen MR) is 105 cm³/mol. The number of aromatic nitrogens is 2. The van der Waals surface area contributed by atoms with E-state index in [0.717, 1.165) is 18.2 Å². The molecular formula is C21H13F3N4O2. The molecule has 6 nitrogen and oxygen atoms in total. The van der Waals surface area contributed by atoms with Gasteiger partial charge in [0.15, 0.2) is 23.2 Å². The van der Waals surface area contributed by atoms with Gasteiger partial charge in [-0.1, -0.05) is 0 Å². The standard InChI is InChI=1S/C21H13F3N4O2/c22-15-4-1-12(9-17(15)24)27-21(29)28-13-2-5-16(23)20(10-13)30-14-3-6-18-19(11-14)26-8-7-25-18/h1-11H,(H2,27,28,29). The molecule has 150 valence electrons. The van der Waals surface area contributed by atoms with Gasteiger partial charge in [-0.05, 0) is 36.4 Å². The number of nitrogens with one attached hydrogen (secondary N) is 2. The maximum atomic E-state index is 14.2. The van der Waals surface area contributed by atoms with Gasteiger partial charge in [0.05, 0.1) is 11.0 Å². The van der Waals surface area contributed by atoms with Crippen LogP contribution < -0.4 is 15.4 Å². The summed E-state index contributed by atoms with van der Waals surface area (Å²) in [6, 6.07) is 10.9. The van der Waals surface area contributed by atoms with Crippen molar-refractivity contribution in [2.45, 2.75) is 0 Å². The van der Waals surface area contributed by atoms with Crippen LogP contribution in [-0.2, 0) is 0 Å². The van der Waals surface area contributed by atoms with Crippen molar-refractivity contribution in [3.8, 4) is 11.5 Å². The first kappa shape index (κ1) is 19.2. The van der Waals surface area contributed by atoms with E-state index in [2.05, 4.69) is 20.6 Å². The predicted octanol–water partition coefficient (Wildman–Crippen LogP) is 5.48. The Labute approximate surface area is 168 Å². The summed E-state index contributed by atoms with van der Waals surface area (Å²) in [4.78, 5) is 20.4. The van der Waals surface area contributed by atoms with Gasteiger partial charge in [0.25, 0.3) is 0 Å². The quantitative estimate of drug-likeness (QED) is 0.467.